The number of ether oxygens (including phenoxy) is 2. The molecule has 0 spiro atoms. The van der Waals surface area contributed by atoms with Crippen LogP contribution >= 0.6 is 0 Å². The van der Waals surface area contributed by atoms with Crippen molar-refractivity contribution in [1.29, 1.82) is 0 Å². The summed E-state index contributed by atoms with van der Waals surface area (Å²) in [6.07, 6.45) is 2.10. The summed E-state index contributed by atoms with van der Waals surface area (Å²) in [5, 5.41) is 0. The summed E-state index contributed by atoms with van der Waals surface area (Å²) >= 11 is 0. The van der Waals surface area contributed by atoms with Crippen LogP contribution in [0.25, 0.3) is 0 Å². The lowest BCUT2D eigenvalue weighted by Gasteiger charge is -2.26. The van der Waals surface area contributed by atoms with Crippen molar-refractivity contribution < 1.29 is 14.3 Å². The van der Waals surface area contributed by atoms with Gasteiger partial charge in [-0.1, -0.05) is 13.8 Å². The quantitative estimate of drug-likeness (QED) is 0.778. The Morgan fingerprint density at radius 3 is 2.26 bits per heavy atom. The minimum atomic E-state index is -0.312. The Hall–Kier alpha value is -0.990. The Bertz CT molecular complexity index is 408. The van der Waals surface area contributed by atoms with E-state index in [-0.39, 0.29) is 29.3 Å². The molecule has 0 aromatic heterocycles. The van der Waals surface area contributed by atoms with Crippen LogP contribution in [0.2, 0.25) is 0 Å². The second-order valence-corrected chi connectivity index (χ2v) is 6.77. The molecule has 0 aliphatic heterocycles. The maximum atomic E-state index is 12.7. The van der Waals surface area contributed by atoms with Crippen molar-refractivity contribution in [3.8, 4) is 0 Å². The standard InChI is InChI=1S/C16H26O3/c1-9(2)18-13-12-11(5)7-8-16(12,6)15(17)14(13)19-10(3)4/h9-12H,7-8H2,1-6H3/t11?,12-,16-/m1/s1. The van der Waals surface area contributed by atoms with Crippen LogP contribution < -0.4 is 0 Å². The molecule has 0 bridgehead atoms. The number of rotatable bonds is 4. The lowest BCUT2D eigenvalue weighted by atomic mass is 9.78. The molecule has 3 heteroatoms. The number of ketones is 1. The molecular formula is C16H26O3. The Balaban J connectivity index is 2.42. The van der Waals surface area contributed by atoms with Gasteiger partial charge in [-0.3, -0.25) is 4.79 Å². The van der Waals surface area contributed by atoms with Crippen LogP contribution in [0.15, 0.2) is 11.5 Å². The van der Waals surface area contributed by atoms with E-state index < -0.39 is 0 Å². The van der Waals surface area contributed by atoms with E-state index in [1.807, 2.05) is 27.7 Å². The normalized spacial score (nSPS) is 34.4. The Kier molecular flexibility index (Phi) is 3.67. The molecule has 0 N–H and O–H groups in total. The summed E-state index contributed by atoms with van der Waals surface area (Å²) in [7, 11) is 0. The van der Waals surface area contributed by atoms with Gasteiger partial charge in [0.2, 0.25) is 11.5 Å². The van der Waals surface area contributed by atoms with Gasteiger partial charge in [-0.25, -0.2) is 0 Å². The molecule has 2 rings (SSSR count). The van der Waals surface area contributed by atoms with E-state index in [9.17, 15) is 4.79 Å². The van der Waals surface area contributed by atoms with Crippen LogP contribution in [0.5, 0.6) is 0 Å². The Morgan fingerprint density at radius 2 is 1.74 bits per heavy atom. The van der Waals surface area contributed by atoms with Crippen LogP contribution in [-0.2, 0) is 14.3 Å². The van der Waals surface area contributed by atoms with Crippen LogP contribution in [0, 0.1) is 17.3 Å². The van der Waals surface area contributed by atoms with Crippen LogP contribution in [0.4, 0.5) is 0 Å². The van der Waals surface area contributed by atoms with Crippen molar-refractivity contribution in [2.45, 2.75) is 66.6 Å². The highest BCUT2D eigenvalue weighted by molar-refractivity contribution is 6.02. The van der Waals surface area contributed by atoms with Gasteiger partial charge in [0.1, 0.15) is 5.76 Å². The van der Waals surface area contributed by atoms with E-state index in [4.69, 9.17) is 9.47 Å². The largest absolute Gasteiger partial charge is 0.491 e. The highest BCUT2D eigenvalue weighted by Crippen LogP contribution is 2.57. The average molecular weight is 266 g/mol. The summed E-state index contributed by atoms with van der Waals surface area (Å²) in [5.41, 5.74) is -0.312. The molecule has 2 aliphatic rings. The molecule has 0 saturated heterocycles. The molecule has 2 aliphatic carbocycles. The summed E-state index contributed by atoms with van der Waals surface area (Å²) in [4.78, 5) is 12.7. The van der Waals surface area contributed by atoms with E-state index >= 15 is 0 Å². The third kappa shape index (κ3) is 2.28. The minimum Gasteiger partial charge on any atom is -0.491 e. The minimum absolute atomic E-state index is 0.00226. The van der Waals surface area contributed by atoms with E-state index in [0.717, 1.165) is 18.6 Å². The highest BCUT2D eigenvalue weighted by atomic mass is 16.5. The van der Waals surface area contributed by atoms with Gasteiger partial charge >= 0.3 is 0 Å². The molecule has 19 heavy (non-hydrogen) atoms. The maximum Gasteiger partial charge on any atom is 0.207 e. The number of fused-ring (bicyclic) bond motifs is 1. The van der Waals surface area contributed by atoms with Gasteiger partial charge in [0.25, 0.3) is 0 Å². The van der Waals surface area contributed by atoms with E-state index in [0.29, 0.717) is 11.7 Å². The molecular weight excluding hydrogens is 240 g/mol. The fraction of sp³-hybridized carbons (Fsp3) is 0.812. The Morgan fingerprint density at radius 1 is 1.16 bits per heavy atom. The number of carbonyl (C=O) groups is 1. The van der Waals surface area contributed by atoms with Crippen LogP contribution in [-0.4, -0.2) is 18.0 Å². The third-order valence-corrected chi connectivity index (χ3v) is 4.32. The first-order valence-corrected chi connectivity index (χ1v) is 7.39. The van der Waals surface area contributed by atoms with Crippen molar-refractivity contribution in [2.75, 3.05) is 0 Å². The van der Waals surface area contributed by atoms with Crippen molar-refractivity contribution in [3.05, 3.63) is 11.5 Å². The number of allylic oxidation sites excluding steroid dienone is 2. The molecule has 1 unspecified atom stereocenters. The van der Waals surface area contributed by atoms with Gasteiger partial charge in [0, 0.05) is 11.3 Å². The molecule has 3 nitrogen and oxygen atoms in total. The van der Waals surface area contributed by atoms with E-state index in [1.165, 1.54) is 0 Å². The van der Waals surface area contributed by atoms with Crippen LogP contribution in [0.3, 0.4) is 0 Å². The topological polar surface area (TPSA) is 35.5 Å². The van der Waals surface area contributed by atoms with E-state index in [2.05, 4.69) is 13.8 Å². The molecule has 0 amide bonds. The Labute approximate surface area is 116 Å². The average Bonchev–Trinajstić information content (AvgIpc) is 2.68. The number of hydrogen-bond acceptors (Lipinski definition) is 3. The molecule has 108 valence electrons. The first-order valence-electron chi connectivity index (χ1n) is 7.39. The first-order chi connectivity index (χ1) is 8.77. The number of hydrogen-bond donors (Lipinski definition) is 0. The fourth-order valence-electron chi connectivity index (χ4n) is 3.52. The number of Topliss-reactive ketones (excluding diaryl/α,β-unsaturated/α-hetero) is 1. The number of carbonyl (C=O) groups excluding carboxylic acids is 1. The van der Waals surface area contributed by atoms with Crippen molar-refractivity contribution in [1.82, 2.24) is 0 Å². The first kappa shape index (κ1) is 14.4. The second kappa shape index (κ2) is 4.84. The van der Waals surface area contributed by atoms with Crippen molar-refractivity contribution in [3.63, 3.8) is 0 Å². The molecule has 0 aromatic carbocycles. The predicted molar refractivity (Wildman–Crippen MR) is 74.5 cm³/mol. The van der Waals surface area contributed by atoms with Gasteiger partial charge < -0.3 is 9.47 Å². The van der Waals surface area contributed by atoms with E-state index in [1.54, 1.807) is 0 Å². The third-order valence-electron chi connectivity index (χ3n) is 4.32. The fourth-order valence-corrected chi connectivity index (χ4v) is 3.52. The maximum absolute atomic E-state index is 12.7. The molecule has 0 radical (unpaired) electrons. The molecule has 1 fully saturated rings. The zero-order chi connectivity index (χ0) is 14.4. The van der Waals surface area contributed by atoms with Gasteiger partial charge in [-0.05, 0) is 46.5 Å². The zero-order valence-corrected chi connectivity index (χ0v) is 12.9. The van der Waals surface area contributed by atoms with Gasteiger partial charge in [-0.2, -0.15) is 0 Å². The van der Waals surface area contributed by atoms with Crippen LogP contribution in [0.1, 0.15) is 54.4 Å². The predicted octanol–water partition coefficient (Wildman–Crippen LogP) is 3.68. The highest BCUT2D eigenvalue weighted by Gasteiger charge is 2.59. The molecule has 0 heterocycles. The van der Waals surface area contributed by atoms with Gasteiger partial charge in [-0.15, -0.1) is 0 Å². The lowest BCUT2D eigenvalue weighted by Crippen LogP contribution is -2.29. The van der Waals surface area contributed by atoms with Gasteiger partial charge in [0.15, 0.2) is 0 Å². The molecule has 0 aromatic rings. The summed E-state index contributed by atoms with van der Waals surface area (Å²) in [5.74, 6) is 2.11. The molecule has 1 saturated carbocycles. The second-order valence-electron chi connectivity index (χ2n) is 6.77. The summed E-state index contributed by atoms with van der Waals surface area (Å²) in [6, 6.07) is 0. The van der Waals surface area contributed by atoms with Gasteiger partial charge in [0.05, 0.1) is 12.2 Å². The summed E-state index contributed by atoms with van der Waals surface area (Å²) < 4.78 is 11.8. The lowest BCUT2D eigenvalue weighted by molar-refractivity contribution is -0.127. The zero-order valence-electron chi connectivity index (χ0n) is 12.9. The summed E-state index contributed by atoms with van der Waals surface area (Å²) in [6.45, 7) is 12.2. The SMILES string of the molecule is CC(C)OC1=C(OC(C)C)[C@H]2C(C)CC[C@@]2(C)C1=O. The van der Waals surface area contributed by atoms with Crippen molar-refractivity contribution in [2.24, 2.45) is 17.3 Å². The van der Waals surface area contributed by atoms with Crippen molar-refractivity contribution >= 4 is 5.78 Å². The monoisotopic (exact) mass is 266 g/mol. The smallest absolute Gasteiger partial charge is 0.207 e. The molecule has 3 atom stereocenters.